The van der Waals surface area contributed by atoms with Crippen LogP contribution in [0.1, 0.15) is 85.5 Å². The smallest absolute Gasteiger partial charge is 0.135 e. The number of fused-ring (bicyclic) bond motifs is 1. The molecule has 3 heteroatoms. The Kier molecular flexibility index (Phi) is 5.64. The van der Waals surface area contributed by atoms with Crippen LogP contribution in [0.25, 0.3) is 0 Å². The minimum Gasteiger partial charge on any atom is -0.374 e. The second kappa shape index (κ2) is 7.25. The molecule has 3 N–H and O–H groups in total. The molecule has 2 saturated heterocycles. The van der Waals surface area contributed by atoms with Gasteiger partial charge in [-0.3, -0.25) is 4.90 Å². The highest BCUT2D eigenvalue weighted by Gasteiger charge is 2.69. The minimum atomic E-state index is -0.448. The molecule has 140 valence electrons. The number of aliphatic hydroxyl groups is 1. The molecule has 7 atom stereocenters. The summed E-state index contributed by atoms with van der Waals surface area (Å²) >= 11 is 0. The summed E-state index contributed by atoms with van der Waals surface area (Å²) in [6, 6.07) is 1.46. The van der Waals surface area contributed by atoms with Gasteiger partial charge >= 0.3 is 0 Å². The quantitative estimate of drug-likeness (QED) is 0.687. The van der Waals surface area contributed by atoms with E-state index in [4.69, 9.17) is 5.73 Å². The van der Waals surface area contributed by atoms with Crippen molar-refractivity contribution in [1.82, 2.24) is 4.90 Å². The van der Waals surface area contributed by atoms with Gasteiger partial charge in [0.05, 0.1) is 6.04 Å². The number of unbranched alkanes of at least 4 members (excludes halogenated alkanes) is 1. The van der Waals surface area contributed by atoms with Gasteiger partial charge in [-0.15, -0.1) is 0 Å². The van der Waals surface area contributed by atoms with Crippen LogP contribution in [0.3, 0.4) is 0 Å². The molecule has 0 radical (unpaired) electrons. The van der Waals surface area contributed by atoms with E-state index in [-0.39, 0.29) is 0 Å². The molecule has 3 rings (SSSR count). The molecule has 0 spiro atoms. The summed E-state index contributed by atoms with van der Waals surface area (Å²) in [6.07, 6.45) is 10.9. The highest BCUT2D eigenvalue weighted by atomic mass is 16.3. The van der Waals surface area contributed by atoms with Gasteiger partial charge in [-0.1, -0.05) is 47.0 Å². The monoisotopic (exact) mass is 336 g/mol. The van der Waals surface area contributed by atoms with Crippen molar-refractivity contribution in [3.8, 4) is 0 Å². The van der Waals surface area contributed by atoms with Crippen LogP contribution >= 0.6 is 0 Å². The van der Waals surface area contributed by atoms with E-state index >= 15 is 0 Å². The fourth-order valence-corrected chi connectivity index (χ4v) is 6.33. The Bertz CT molecular complexity index is 416. The van der Waals surface area contributed by atoms with E-state index in [1.54, 1.807) is 0 Å². The molecule has 0 amide bonds. The lowest BCUT2D eigenvalue weighted by Crippen LogP contribution is -2.39. The highest BCUT2D eigenvalue weighted by molar-refractivity contribution is 5.18. The number of hydrogen-bond acceptors (Lipinski definition) is 3. The average molecular weight is 337 g/mol. The number of nitrogens with two attached hydrogens (primary N) is 1. The highest BCUT2D eigenvalue weighted by Crippen LogP contribution is 2.57. The molecule has 7 unspecified atom stereocenters. The van der Waals surface area contributed by atoms with Gasteiger partial charge in [-0.25, -0.2) is 0 Å². The van der Waals surface area contributed by atoms with Crippen LogP contribution < -0.4 is 5.73 Å². The van der Waals surface area contributed by atoms with Gasteiger partial charge in [0.15, 0.2) is 0 Å². The summed E-state index contributed by atoms with van der Waals surface area (Å²) < 4.78 is 0. The van der Waals surface area contributed by atoms with E-state index in [1.807, 2.05) is 0 Å². The lowest BCUT2D eigenvalue weighted by atomic mass is 9.69. The summed E-state index contributed by atoms with van der Waals surface area (Å²) in [5.41, 5.74) is 5.77. The Labute approximate surface area is 149 Å². The lowest BCUT2D eigenvalue weighted by molar-refractivity contribution is 0.0885. The van der Waals surface area contributed by atoms with E-state index in [0.29, 0.717) is 24.0 Å². The second-order valence-electron chi connectivity index (χ2n) is 9.32. The maximum Gasteiger partial charge on any atom is 0.135 e. The SMILES string of the molecule is CCCCC(CC)C1N2C(CC3C(C)CC(N)CC3C)CCC12O. The Morgan fingerprint density at radius 1 is 1.21 bits per heavy atom. The van der Waals surface area contributed by atoms with Crippen LogP contribution in [-0.2, 0) is 0 Å². The maximum atomic E-state index is 11.1. The summed E-state index contributed by atoms with van der Waals surface area (Å²) in [5.74, 6) is 2.94. The van der Waals surface area contributed by atoms with Crippen LogP contribution in [0, 0.1) is 23.7 Å². The molecule has 3 aliphatic rings. The Balaban J connectivity index is 1.62. The first-order valence-corrected chi connectivity index (χ1v) is 10.7. The van der Waals surface area contributed by atoms with Crippen molar-refractivity contribution in [2.24, 2.45) is 29.4 Å². The molecule has 3 nitrogen and oxygen atoms in total. The molecule has 1 saturated carbocycles. The van der Waals surface area contributed by atoms with Crippen LogP contribution in [0.2, 0.25) is 0 Å². The van der Waals surface area contributed by atoms with Crippen LogP contribution in [0.15, 0.2) is 0 Å². The molecule has 0 aromatic carbocycles. The molecule has 2 heterocycles. The van der Waals surface area contributed by atoms with Crippen molar-refractivity contribution in [2.75, 3.05) is 0 Å². The third kappa shape index (κ3) is 3.29. The van der Waals surface area contributed by atoms with E-state index < -0.39 is 5.72 Å². The van der Waals surface area contributed by atoms with E-state index in [0.717, 1.165) is 24.2 Å². The van der Waals surface area contributed by atoms with Gasteiger partial charge in [0.2, 0.25) is 0 Å². The second-order valence-corrected chi connectivity index (χ2v) is 9.32. The van der Waals surface area contributed by atoms with E-state index in [9.17, 15) is 5.11 Å². The molecule has 0 bridgehead atoms. The van der Waals surface area contributed by atoms with Crippen LogP contribution in [0.5, 0.6) is 0 Å². The molecular weight excluding hydrogens is 296 g/mol. The number of rotatable bonds is 7. The zero-order valence-corrected chi connectivity index (χ0v) is 16.4. The predicted molar refractivity (Wildman–Crippen MR) is 101 cm³/mol. The maximum absolute atomic E-state index is 11.1. The third-order valence-electron chi connectivity index (χ3n) is 7.65. The number of piperidine rings is 1. The first kappa shape index (κ1) is 18.7. The first-order chi connectivity index (χ1) is 11.4. The largest absolute Gasteiger partial charge is 0.374 e. The van der Waals surface area contributed by atoms with Crippen LogP contribution in [-0.4, -0.2) is 33.9 Å². The zero-order chi connectivity index (χ0) is 17.5. The van der Waals surface area contributed by atoms with Gasteiger partial charge in [-0.2, -0.15) is 0 Å². The molecular formula is C21H40N2O. The third-order valence-corrected chi connectivity index (χ3v) is 7.65. The van der Waals surface area contributed by atoms with Crippen LogP contribution in [0.4, 0.5) is 0 Å². The number of nitrogens with zero attached hydrogens (tertiary/aromatic N) is 1. The zero-order valence-electron chi connectivity index (χ0n) is 16.4. The topological polar surface area (TPSA) is 49.3 Å². The van der Waals surface area contributed by atoms with Crippen molar-refractivity contribution < 1.29 is 5.11 Å². The molecule has 2 aliphatic heterocycles. The van der Waals surface area contributed by atoms with Gasteiger partial charge in [-0.05, 0) is 62.2 Å². The standard InChI is InChI=1S/C21H40N2O/c1-5-7-8-16(6-2)20-21(24)10-9-18(23(20)21)13-19-14(3)11-17(22)12-15(19)4/h14-20,24H,5-13,22H2,1-4H3. The van der Waals surface area contributed by atoms with Crippen molar-refractivity contribution in [3.05, 3.63) is 0 Å². The normalized spacial score (nSPS) is 49.0. The predicted octanol–water partition coefficient (Wildman–Crippen LogP) is 4.14. The van der Waals surface area contributed by atoms with E-state index in [1.165, 1.54) is 51.4 Å². The van der Waals surface area contributed by atoms with Gasteiger partial charge in [0, 0.05) is 12.1 Å². The summed E-state index contributed by atoms with van der Waals surface area (Å²) in [4.78, 5) is 2.52. The van der Waals surface area contributed by atoms with E-state index in [2.05, 4.69) is 32.6 Å². The molecule has 3 fully saturated rings. The fourth-order valence-electron chi connectivity index (χ4n) is 6.33. The first-order valence-electron chi connectivity index (χ1n) is 10.7. The number of hydrogen-bond donors (Lipinski definition) is 2. The van der Waals surface area contributed by atoms with Gasteiger partial charge in [0.1, 0.15) is 5.72 Å². The molecule has 0 aromatic rings. The van der Waals surface area contributed by atoms with Crippen molar-refractivity contribution in [3.63, 3.8) is 0 Å². The summed E-state index contributed by atoms with van der Waals surface area (Å²) in [6.45, 7) is 9.38. The summed E-state index contributed by atoms with van der Waals surface area (Å²) in [7, 11) is 0. The van der Waals surface area contributed by atoms with Crippen molar-refractivity contribution >= 4 is 0 Å². The Morgan fingerprint density at radius 3 is 2.46 bits per heavy atom. The van der Waals surface area contributed by atoms with Crippen molar-refractivity contribution in [1.29, 1.82) is 0 Å². The molecule has 24 heavy (non-hydrogen) atoms. The summed E-state index contributed by atoms with van der Waals surface area (Å²) in [5, 5.41) is 11.1. The lowest BCUT2D eigenvalue weighted by Gasteiger charge is -2.39. The Morgan fingerprint density at radius 2 is 1.88 bits per heavy atom. The molecule has 1 aliphatic carbocycles. The Hall–Kier alpha value is -0.120. The van der Waals surface area contributed by atoms with Gasteiger partial charge in [0.25, 0.3) is 0 Å². The average Bonchev–Trinajstić information content (AvgIpc) is 2.99. The fraction of sp³-hybridized carbons (Fsp3) is 1.00. The van der Waals surface area contributed by atoms with Crippen molar-refractivity contribution in [2.45, 2.75) is 109 Å². The van der Waals surface area contributed by atoms with Gasteiger partial charge < -0.3 is 10.8 Å². The minimum absolute atomic E-state index is 0.402. The molecule has 0 aromatic heterocycles.